The summed E-state index contributed by atoms with van der Waals surface area (Å²) in [5.41, 5.74) is -0.558. The van der Waals surface area contributed by atoms with Gasteiger partial charge in [0.25, 0.3) is 0 Å². The van der Waals surface area contributed by atoms with Crippen molar-refractivity contribution in [3.8, 4) is 0 Å². The second kappa shape index (κ2) is 13.8. The quantitative estimate of drug-likeness (QED) is 0.186. The number of allylic oxidation sites excluding steroid dienone is 2. The fourth-order valence-electron chi connectivity index (χ4n) is 7.27. The summed E-state index contributed by atoms with van der Waals surface area (Å²) in [7, 11) is -1.46. The first kappa shape index (κ1) is 37.2. The monoisotopic (exact) mass is 650 g/mol. The largest absolute Gasteiger partial charge is 0.460 e. The van der Waals surface area contributed by atoms with Gasteiger partial charge < -0.3 is 23.1 Å². The van der Waals surface area contributed by atoms with Crippen LogP contribution in [-0.2, 0) is 32.7 Å². The van der Waals surface area contributed by atoms with E-state index in [-0.39, 0.29) is 58.6 Å². The molecule has 8 atom stereocenters. The van der Waals surface area contributed by atoms with Crippen LogP contribution >= 0.6 is 0 Å². The second-order valence-corrected chi connectivity index (χ2v) is 21.4. The lowest BCUT2D eigenvalue weighted by Gasteiger charge is -2.54. The number of carbonyl (C=O) groups is 2. The zero-order chi connectivity index (χ0) is 33.4. The van der Waals surface area contributed by atoms with Crippen molar-refractivity contribution in [3.63, 3.8) is 0 Å². The van der Waals surface area contributed by atoms with E-state index in [1.165, 1.54) is 5.57 Å². The van der Waals surface area contributed by atoms with Crippen LogP contribution in [-0.4, -0.2) is 66.6 Å². The summed E-state index contributed by atoms with van der Waals surface area (Å²) >= 11 is 0. The maximum Gasteiger partial charge on any atom is 0.338 e. The Kier molecular flexibility index (Phi) is 11.7. The molecule has 0 bridgehead atoms. The minimum atomic E-state index is -1.57. The van der Waals surface area contributed by atoms with Crippen molar-refractivity contribution in [1.29, 1.82) is 0 Å². The number of cyclic esters (lactones) is 1. The average Bonchev–Trinajstić information content (AvgIpc) is 2.88. The first-order valence-electron chi connectivity index (χ1n) is 16.8. The molecule has 0 spiro atoms. The highest BCUT2D eigenvalue weighted by Crippen LogP contribution is 2.53. The molecule has 0 radical (unpaired) electrons. The molecule has 1 fully saturated rings. The van der Waals surface area contributed by atoms with E-state index in [0.29, 0.717) is 12.8 Å². The Bertz CT molecular complexity index is 1080. The van der Waals surface area contributed by atoms with E-state index in [9.17, 15) is 9.59 Å². The van der Waals surface area contributed by atoms with Crippen molar-refractivity contribution in [1.82, 2.24) is 0 Å². The van der Waals surface area contributed by atoms with Crippen LogP contribution < -0.4 is 0 Å². The van der Waals surface area contributed by atoms with Gasteiger partial charge in [0.1, 0.15) is 18.3 Å². The summed E-state index contributed by atoms with van der Waals surface area (Å²) in [5.74, 6) is -0.321. The third-order valence-electron chi connectivity index (χ3n) is 10.1. The number of rotatable bonds is 10. The van der Waals surface area contributed by atoms with Crippen LogP contribution in [0.2, 0.25) is 26.2 Å². The maximum absolute atomic E-state index is 13.5. The summed E-state index contributed by atoms with van der Waals surface area (Å²) in [6, 6.07) is 0. The number of carbonyl (C=O) groups excluding carboxylic acids is 2. The van der Waals surface area contributed by atoms with Gasteiger partial charge in [-0.15, -0.1) is 0 Å². The molecule has 3 aliphatic rings. The van der Waals surface area contributed by atoms with E-state index >= 15 is 0 Å². The summed E-state index contributed by atoms with van der Waals surface area (Å²) in [4.78, 5) is 26.9. The molecule has 0 saturated carbocycles. The van der Waals surface area contributed by atoms with E-state index in [4.69, 9.17) is 23.1 Å². The Morgan fingerprint density at radius 3 is 2.16 bits per heavy atom. The van der Waals surface area contributed by atoms with Gasteiger partial charge in [-0.2, -0.15) is 0 Å². The van der Waals surface area contributed by atoms with Gasteiger partial charge >= 0.3 is 11.9 Å². The van der Waals surface area contributed by atoms with Gasteiger partial charge in [-0.1, -0.05) is 66.7 Å². The van der Waals surface area contributed by atoms with Crippen LogP contribution in [0.15, 0.2) is 23.8 Å². The SMILES string of the molecule is COC(C)(C)C(=O)O[C@H]1C[C@H](C(C)(C)C)C=C2C=C[C@H](C)[C@](CC[C@@H]3C[C@H](C(C)(C)C)C(O[SiH](C)C)C(=O)O3)(O[SiH](C)C)[C@H]21. The fraction of sp³-hybridized carbons (Fsp3) is 0.829. The van der Waals surface area contributed by atoms with Crippen LogP contribution in [0.3, 0.4) is 0 Å². The number of hydrogen-bond donors (Lipinski definition) is 0. The Labute approximate surface area is 271 Å². The molecular formula is C35H62O7Si2. The van der Waals surface area contributed by atoms with Crippen molar-refractivity contribution in [2.24, 2.45) is 34.5 Å². The van der Waals surface area contributed by atoms with Gasteiger partial charge in [0.05, 0.1) is 5.60 Å². The molecule has 0 aromatic heterocycles. The van der Waals surface area contributed by atoms with Crippen LogP contribution in [0.25, 0.3) is 0 Å². The number of methoxy groups -OCH3 is 1. The third-order valence-corrected chi connectivity index (χ3v) is 11.8. The molecule has 1 saturated heterocycles. The zero-order valence-corrected chi connectivity index (χ0v) is 32.4. The van der Waals surface area contributed by atoms with Crippen LogP contribution in [0.1, 0.15) is 88.0 Å². The third kappa shape index (κ3) is 8.35. The minimum absolute atomic E-state index is 0.00232. The topological polar surface area (TPSA) is 80.3 Å². The normalized spacial score (nSPS) is 33.2. The standard InChI is InChI=1S/C35H62O7Si2/c1-22-15-16-23-19-24(32(2,3)4)20-27(40-31(37)34(8,9)38-10)28(23)35(22,42-44(13)14)18-17-25-21-26(33(5,6)7)29(30(36)39-25)41-43(11)12/h15-16,19,22,24-29,43-44H,17-18,20-21H2,1-14H3/t22-,24+,25+,26-,27-,28+,29?,35-/m0/s1. The molecule has 1 heterocycles. The molecule has 252 valence electrons. The van der Waals surface area contributed by atoms with Crippen molar-refractivity contribution in [3.05, 3.63) is 23.8 Å². The number of hydrogen-bond acceptors (Lipinski definition) is 7. The summed E-state index contributed by atoms with van der Waals surface area (Å²) < 4.78 is 31.5. The molecule has 0 aromatic rings. The first-order chi connectivity index (χ1) is 20.1. The number of fused-ring (bicyclic) bond motifs is 1. The molecule has 7 nitrogen and oxygen atoms in total. The predicted molar refractivity (Wildman–Crippen MR) is 182 cm³/mol. The Morgan fingerprint density at radius 2 is 1.64 bits per heavy atom. The lowest BCUT2D eigenvalue weighted by Crippen LogP contribution is -2.58. The molecule has 1 aliphatic heterocycles. The van der Waals surface area contributed by atoms with E-state index < -0.39 is 35.4 Å². The van der Waals surface area contributed by atoms with Crippen LogP contribution in [0.5, 0.6) is 0 Å². The highest BCUT2D eigenvalue weighted by atomic mass is 28.3. The molecule has 44 heavy (non-hydrogen) atoms. The van der Waals surface area contributed by atoms with Gasteiger partial charge in [0.2, 0.25) is 0 Å². The van der Waals surface area contributed by atoms with Crippen molar-refractivity contribution in [2.75, 3.05) is 7.11 Å². The molecular weight excluding hydrogens is 589 g/mol. The predicted octanol–water partition coefficient (Wildman–Crippen LogP) is 7.00. The van der Waals surface area contributed by atoms with Crippen LogP contribution in [0, 0.1) is 34.5 Å². The van der Waals surface area contributed by atoms with Gasteiger partial charge in [-0.05, 0) is 88.0 Å². The number of ether oxygens (including phenoxy) is 3. The summed E-state index contributed by atoms with van der Waals surface area (Å²) in [6.07, 6.45) is 8.66. The zero-order valence-electron chi connectivity index (χ0n) is 30.1. The highest BCUT2D eigenvalue weighted by Gasteiger charge is 2.55. The second-order valence-electron chi connectivity index (χ2n) is 16.7. The lowest BCUT2D eigenvalue weighted by molar-refractivity contribution is -0.184. The van der Waals surface area contributed by atoms with E-state index in [2.05, 4.69) is 92.9 Å². The van der Waals surface area contributed by atoms with Gasteiger partial charge in [0, 0.05) is 24.9 Å². The Morgan fingerprint density at radius 1 is 1.00 bits per heavy atom. The minimum Gasteiger partial charge on any atom is -0.460 e. The van der Waals surface area contributed by atoms with E-state index in [1.54, 1.807) is 21.0 Å². The van der Waals surface area contributed by atoms with Gasteiger partial charge in [0.15, 0.2) is 23.7 Å². The highest BCUT2D eigenvalue weighted by molar-refractivity contribution is 6.48. The molecule has 1 unspecified atom stereocenters. The molecule has 3 rings (SSSR count). The molecule has 0 amide bonds. The fourth-order valence-corrected chi connectivity index (χ4v) is 9.52. The molecule has 2 aliphatic carbocycles. The van der Waals surface area contributed by atoms with Crippen molar-refractivity contribution in [2.45, 2.75) is 144 Å². The van der Waals surface area contributed by atoms with Gasteiger partial charge in [-0.25, -0.2) is 9.59 Å². The molecule has 0 N–H and O–H groups in total. The summed E-state index contributed by atoms with van der Waals surface area (Å²) in [6.45, 7) is 27.7. The summed E-state index contributed by atoms with van der Waals surface area (Å²) in [5, 5.41) is 0. The Balaban J connectivity index is 2.03. The number of esters is 2. The van der Waals surface area contributed by atoms with Crippen LogP contribution in [0.4, 0.5) is 0 Å². The maximum atomic E-state index is 13.5. The first-order valence-corrected chi connectivity index (χ1v) is 22.4. The molecule has 9 heteroatoms. The Hall–Kier alpha value is -1.27. The van der Waals surface area contributed by atoms with E-state index in [1.807, 2.05) is 0 Å². The smallest absolute Gasteiger partial charge is 0.338 e. The average molecular weight is 651 g/mol. The van der Waals surface area contributed by atoms with Gasteiger partial charge in [-0.3, -0.25) is 0 Å². The van der Waals surface area contributed by atoms with E-state index in [0.717, 1.165) is 12.8 Å². The lowest BCUT2D eigenvalue weighted by atomic mass is 9.59. The van der Waals surface area contributed by atoms with Crippen molar-refractivity contribution < 1.29 is 32.7 Å². The molecule has 0 aromatic carbocycles. The van der Waals surface area contributed by atoms with Crippen molar-refractivity contribution >= 4 is 30.0 Å².